The number of imidazole rings is 1. The summed E-state index contributed by atoms with van der Waals surface area (Å²) in [6, 6.07) is 1.93. The van der Waals surface area contributed by atoms with Crippen LogP contribution in [0.4, 0.5) is 0 Å². The first-order valence-corrected chi connectivity index (χ1v) is 32.7. The van der Waals surface area contributed by atoms with E-state index in [1.807, 2.05) is 6.07 Å². The second kappa shape index (κ2) is 35.0. The van der Waals surface area contributed by atoms with E-state index in [2.05, 4.69) is 67.8 Å². The van der Waals surface area contributed by atoms with Crippen LogP contribution in [0.1, 0.15) is 89.6 Å². The first kappa shape index (κ1) is 73.5. The maximum absolute atomic E-state index is 15.0. The third-order valence-corrected chi connectivity index (χ3v) is 17.6. The Labute approximate surface area is 551 Å². The number of likely N-dealkylation sites (tertiary alicyclic amines) is 1. The summed E-state index contributed by atoms with van der Waals surface area (Å²) in [6.07, 6.45) is -2.53. The SMILES string of the molecule is CCNC(=O)[C@@H]1CCCN1C(=O)[C@H](CCCN=C(N)N)NC(=O)[C@H](CC(C)C)NC(=O)[C@@H](CS[C@H]1O[C@H](C)[C@H](O)[C@H](O)[C@@H]1O)NC(=O)[C@H](Cc1ccc(O)cc1)NC(=O)[C@H](CO)NC(=O)[C@H](Cc1cc2ccccc2[nH]1)NC(=O)[C@H](Cc1cnc[nH]1)NC(=O)[C@@H]1CCC(=O)N1. The summed E-state index contributed by atoms with van der Waals surface area (Å²) in [6.45, 7) is 6.26. The summed E-state index contributed by atoms with van der Waals surface area (Å²) in [7, 11) is 0. The number of aliphatic imine (C=N–C) groups is 1. The van der Waals surface area contributed by atoms with E-state index in [0.29, 0.717) is 41.9 Å². The number of hydrogen-bond acceptors (Lipinski definition) is 19. The second-order valence-corrected chi connectivity index (χ2v) is 25.3. The fourth-order valence-corrected chi connectivity index (χ4v) is 12.5. The van der Waals surface area contributed by atoms with Gasteiger partial charge in [0.1, 0.15) is 83.9 Å². The van der Waals surface area contributed by atoms with Gasteiger partial charge < -0.3 is 104 Å². The third kappa shape index (κ3) is 21.1. The maximum Gasteiger partial charge on any atom is 0.245 e. The van der Waals surface area contributed by atoms with Crippen molar-refractivity contribution >= 4 is 87.7 Å². The molecule has 518 valence electrons. The van der Waals surface area contributed by atoms with Crippen molar-refractivity contribution in [3.05, 3.63) is 84.1 Å². The molecule has 3 fully saturated rings. The molecule has 7 rings (SSSR count). The first-order valence-electron chi connectivity index (χ1n) is 31.6. The van der Waals surface area contributed by atoms with E-state index >= 15 is 0 Å². The van der Waals surface area contributed by atoms with E-state index in [1.54, 1.807) is 45.0 Å². The van der Waals surface area contributed by atoms with Crippen molar-refractivity contribution in [1.82, 2.24) is 67.7 Å². The van der Waals surface area contributed by atoms with Gasteiger partial charge in [-0.05, 0) is 93.5 Å². The van der Waals surface area contributed by atoms with Crippen molar-refractivity contribution in [2.24, 2.45) is 22.4 Å². The summed E-state index contributed by atoms with van der Waals surface area (Å²) in [4.78, 5) is 157. The minimum Gasteiger partial charge on any atom is -0.508 e. The number of nitrogens with two attached hydrogens (primary N) is 2. The number of carbonyl (C=O) groups excluding carboxylic acids is 10. The fourth-order valence-electron chi connectivity index (χ4n) is 11.3. The van der Waals surface area contributed by atoms with E-state index in [-0.39, 0.29) is 93.9 Å². The minimum atomic E-state index is -1.85. The minimum absolute atomic E-state index is 0.0101. The number of amides is 10. The van der Waals surface area contributed by atoms with E-state index in [4.69, 9.17) is 16.2 Å². The van der Waals surface area contributed by atoms with Gasteiger partial charge in [-0.2, -0.15) is 0 Å². The number of fused-ring (bicyclic) bond motifs is 1. The largest absolute Gasteiger partial charge is 0.508 e. The maximum atomic E-state index is 15.0. The van der Waals surface area contributed by atoms with Crippen LogP contribution in [-0.2, 0) is 71.9 Å². The Hall–Kier alpha value is -8.89. The molecule has 0 unspecified atom stereocenters. The molecule has 20 N–H and O–H groups in total. The average Bonchev–Trinajstić information content (AvgIpc) is 1.85. The number of benzene rings is 2. The third-order valence-electron chi connectivity index (χ3n) is 16.3. The molecule has 3 aliphatic heterocycles. The van der Waals surface area contributed by atoms with Gasteiger partial charge in [0.25, 0.3) is 0 Å². The molecule has 5 heterocycles. The number of likely N-dealkylation sites (N-methyl/N-ethyl adjacent to an activating group) is 1. The number of guanidine groups is 1. The van der Waals surface area contributed by atoms with Crippen LogP contribution < -0.4 is 59.3 Å². The Morgan fingerprint density at radius 2 is 1.36 bits per heavy atom. The van der Waals surface area contributed by atoms with Crippen LogP contribution in [0, 0.1) is 5.92 Å². The molecule has 3 saturated heterocycles. The normalized spacial score (nSPS) is 21.5. The van der Waals surface area contributed by atoms with Crippen molar-refractivity contribution in [3.8, 4) is 5.75 Å². The van der Waals surface area contributed by atoms with Crippen molar-refractivity contribution in [3.63, 3.8) is 0 Å². The number of H-pyrrole nitrogens is 2. The molecule has 4 aromatic rings. The lowest BCUT2D eigenvalue weighted by molar-refractivity contribution is -0.192. The van der Waals surface area contributed by atoms with Crippen LogP contribution >= 0.6 is 11.8 Å². The van der Waals surface area contributed by atoms with Crippen molar-refractivity contribution in [2.45, 2.75) is 176 Å². The van der Waals surface area contributed by atoms with Gasteiger partial charge in [-0.15, -0.1) is 11.8 Å². The summed E-state index contributed by atoms with van der Waals surface area (Å²) in [5.41, 5.74) is 11.7. The molecule has 32 nitrogen and oxygen atoms in total. The molecule has 33 heteroatoms. The number of aromatic nitrogens is 3. The van der Waals surface area contributed by atoms with Crippen LogP contribution in [0.25, 0.3) is 10.9 Å². The monoisotopic (exact) mass is 1340 g/mol. The highest BCUT2D eigenvalue weighted by Gasteiger charge is 2.44. The van der Waals surface area contributed by atoms with E-state index in [1.165, 1.54) is 48.6 Å². The Bertz CT molecular complexity index is 3300. The van der Waals surface area contributed by atoms with Crippen molar-refractivity contribution in [1.29, 1.82) is 0 Å². The van der Waals surface area contributed by atoms with Gasteiger partial charge in [-0.25, -0.2) is 4.98 Å². The van der Waals surface area contributed by atoms with Gasteiger partial charge >= 0.3 is 0 Å². The number of nitrogens with one attached hydrogen (secondary N) is 11. The zero-order chi connectivity index (χ0) is 69.0. The van der Waals surface area contributed by atoms with Crippen molar-refractivity contribution in [2.75, 3.05) is 32.0 Å². The number of nitrogens with zero attached hydrogens (tertiary/aromatic N) is 3. The Morgan fingerprint density at radius 3 is 1.99 bits per heavy atom. The first-order chi connectivity index (χ1) is 45.3. The number of aliphatic hydroxyl groups is 4. The number of thioether (sulfide) groups is 1. The van der Waals surface area contributed by atoms with Crippen LogP contribution in [0.3, 0.4) is 0 Å². The fraction of sp³-hybridized carbons (Fsp3) is 0.548. The Morgan fingerprint density at radius 1 is 0.747 bits per heavy atom. The number of para-hydroxylation sites is 1. The number of ether oxygens (including phenoxy) is 1. The number of aromatic hydroxyl groups is 1. The number of phenolic OH excluding ortho intramolecular Hbond substituents is 1. The molecule has 10 amide bonds. The highest BCUT2D eigenvalue weighted by Crippen LogP contribution is 2.29. The number of phenols is 1. The molecule has 2 aromatic heterocycles. The highest BCUT2D eigenvalue weighted by atomic mass is 32.2. The summed E-state index contributed by atoms with van der Waals surface area (Å²) in [5.74, 6) is -8.91. The predicted molar refractivity (Wildman–Crippen MR) is 345 cm³/mol. The average molecular weight is 1350 g/mol. The quantitative estimate of drug-likeness (QED) is 0.0123. The molecule has 0 radical (unpaired) electrons. The number of aliphatic hydroxyl groups excluding tert-OH is 4. The summed E-state index contributed by atoms with van der Waals surface area (Å²) in [5, 5.41) is 77.9. The van der Waals surface area contributed by atoms with Crippen LogP contribution in [0.2, 0.25) is 0 Å². The molecule has 2 aromatic carbocycles. The zero-order valence-electron chi connectivity index (χ0n) is 53.2. The van der Waals surface area contributed by atoms with Gasteiger partial charge in [-0.3, -0.25) is 52.9 Å². The Balaban J connectivity index is 1.15. The number of carbonyl (C=O) groups is 10. The zero-order valence-corrected chi connectivity index (χ0v) is 54.1. The molecule has 14 atom stereocenters. The molecular formula is C62H88N16O16S. The van der Waals surface area contributed by atoms with Gasteiger partial charge in [-0.1, -0.05) is 44.2 Å². The standard InChI is InChI=1S/C62H88N16O16S/c1-5-66-59(92)47-13-9-21-78(47)60(93)40(12-8-20-67-62(63)64)71-53(86)41(22-31(2)3)72-58(91)46(29-95-61-51(84)50(83)49(82)32(4)94-61)77-54(87)42(23-33-14-16-37(80)17-15-33)73-57(90)45(28-79)76-56(89)43(25-35-24-34-10-6-7-11-38(34)69-35)75-55(88)44(26-36-27-65-30-68-36)74-52(85)39-18-19-48(81)70-39/h6-7,10-11,14-17,24,27,30-32,39-47,49-51,61,69,79-80,82-84H,5,8-9,12-13,18-23,25-26,28-29H2,1-4H3,(H,65,68)(H,66,92)(H,70,81)(H,71,86)(H,72,91)(H,73,90)(H,74,85)(H,75,88)(H,76,89)(H,77,87)(H4,63,64,67)/t32-,39+,40+,41+,42+,43+,44+,45+,46-,47+,49+,50+,51+,61-/m1/s1. The number of aromatic amines is 2. The van der Waals surface area contributed by atoms with Crippen LogP contribution in [0.15, 0.2) is 72.1 Å². The second-order valence-electron chi connectivity index (χ2n) is 24.2. The lowest BCUT2D eigenvalue weighted by atomic mass is 10.0. The van der Waals surface area contributed by atoms with Crippen LogP contribution in [0.5, 0.6) is 5.75 Å². The number of rotatable bonds is 33. The smallest absolute Gasteiger partial charge is 0.245 e. The van der Waals surface area contributed by atoms with Gasteiger partial charge in [0, 0.05) is 74.2 Å². The summed E-state index contributed by atoms with van der Waals surface area (Å²) < 4.78 is 5.82. The topological polar surface area (TPSA) is 501 Å². The van der Waals surface area contributed by atoms with Crippen LogP contribution in [-0.4, -0.2) is 227 Å². The highest BCUT2D eigenvalue weighted by molar-refractivity contribution is 7.99. The van der Waals surface area contributed by atoms with Gasteiger partial charge in [0.05, 0.1) is 19.0 Å². The lowest BCUT2D eigenvalue weighted by Crippen LogP contribution is -2.62. The van der Waals surface area contributed by atoms with Gasteiger partial charge in [0.2, 0.25) is 59.1 Å². The molecule has 0 spiro atoms. The van der Waals surface area contributed by atoms with Crippen molar-refractivity contribution < 1.29 is 78.2 Å². The summed E-state index contributed by atoms with van der Waals surface area (Å²) >= 11 is 0.758. The molecular weight excluding hydrogens is 1260 g/mol. The molecule has 0 saturated carbocycles. The van der Waals surface area contributed by atoms with E-state index in [0.717, 1.165) is 17.1 Å². The van der Waals surface area contributed by atoms with E-state index < -0.39 is 144 Å². The molecule has 0 aliphatic carbocycles. The predicted octanol–water partition coefficient (Wildman–Crippen LogP) is -3.92. The molecule has 0 bridgehead atoms. The number of hydrogen-bond donors (Lipinski definition) is 18. The molecule has 3 aliphatic rings. The lowest BCUT2D eigenvalue weighted by Gasteiger charge is -2.39. The Kier molecular flexibility index (Phi) is 27.1. The van der Waals surface area contributed by atoms with E-state index in [9.17, 15) is 73.5 Å². The molecule has 95 heavy (non-hydrogen) atoms. The van der Waals surface area contributed by atoms with Gasteiger partial charge in [0.15, 0.2) is 5.96 Å².